The summed E-state index contributed by atoms with van der Waals surface area (Å²) in [6.45, 7) is 2.01. The molecule has 3 N–H and O–H groups in total. The molecule has 4 atom stereocenters. The van der Waals surface area contributed by atoms with E-state index in [0.717, 1.165) is 29.5 Å². The van der Waals surface area contributed by atoms with Gasteiger partial charge in [0.15, 0.2) is 0 Å². The first-order valence-corrected chi connectivity index (χ1v) is 11.5. The van der Waals surface area contributed by atoms with Crippen molar-refractivity contribution in [3.8, 4) is 11.1 Å². The summed E-state index contributed by atoms with van der Waals surface area (Å²) in [5.41, 5.74) is 3.27. The zero-order valence-corrected chi connectivity index (χ0v) is 17.9. The van der Waals surface area contributed by atoms with E-state index in [-0.39, 0.29) is 29.7 Å². The third-order valence-electron chi connectivity index (χ3n) is 6.58. The molecule has 2 aromatic rings. The molecular formula is C24H24N2O4S. The van der Waals surface area contributed by atoms with E-state index >= 15 is 0 Å². The van der Waals surface area contributed by atoms with E-state index in [4.69, 9.17) is 0 Å². The van der Waals surface area contributed by atoms with E-state index in [9.17, 15) is 19.5 Å². The van der Waals surface area contributed by atoms with Crippen molar-refractivity contribution in [3.05, 3.63) is 52.9 Å². The monoisotopic (exact) mass is 436 g/mol. The summed E-state index contributed by atoms with van der Waals surface area (Å²) in [5, 5.41) is 18.0. The van der Waals surface area contributed by atoms with E-state index in [1.54, 1.807) is 0 Å². The number of benzene rings is 1. The maximum atomic E-state index is 13.2. The number of carbonyl (C=O) groups excluding carboxylic acids is 2. The maximum Gasteiger partial charge on any atom is 0.307 e. The molecular weight excluding hydrogens is 412 g/mol. The van der Waals surface area contributed by atoms with Crippen molar-refractivity contribution >= 4 is 34.1 Å². The Morgan fingerprint density at radius 2 is 1.71 bits per heavy atom. The van der Waals surface area contributed by atoms with Gasteiger partial charge in [-0.15, -0.1) is 11.3 Å². The molecule has 0 saturated heterocycles. The first-order valence-electron chi connectivity index (χ1n) is 10.6. The largest absolute Gasteiger partial charge is 0.481 e. The van der Waals surface area contributed by atoms with Crippen LogP contribution in [-0.2, 0) is 9.59 Å². The fourth-order valence-corrected chi connectivity index (χ4v) is 5.79. The fraction of sp³-hybridized carbons (Fsp3) is 0.375. The molecule has 1 aromatic carbocycles. The summed E-state index contributed by atoms with van der Waals surface area (Å²) >= 11 is 1.31. The minimum absolute atomic E-state index is 0.0635. The molecule has 160 valence electrons. The minimum Gasteiger partial charge on any atom is -0.481 e. The SMILES string of the molecule is Cc1ccc(-c2csc(NC(=O)[C@H]3[C@@H](C(=O)O)[C@H]4C=C[C@@H]3C4)c2C(=O)NC2CC2)cc1. The lowest BCUT2D eigenvalue weighted by molar-refractivity contribution is -0.146. The van der Waals surface area contributed by atoms with Crippen molar-refractivity contribution < 1.29 is 19.5 Å². The lowest BCUT2D eigenvalue weighted by Crippen LogP contribution is -2.36. The zero-order valence-electron chi connectivity index (χ0n) is 17.1. The van der Waals surface area contributed by atoms with Gasteiger partial charge in [0.2, 0.25) is 5.91 Å². The Labute approximate surface area is 184 Å². The average Bonchev–Trinajstić information content (AvgIpc) is 3.15. The minimum atomic E-state index is -0.935. The summed E-state index contributed by atoms with van der Waals surface area (Å²) in [6.07, 6.45) is 6.51. The highest BCUT2D eigenvalue weighted by Crippen LogP contribution is 2.49. The number of aliphatic carboxylic acids is 1. The number of aryl methyl sites for hydroxylation is 1. The first kappa shape index (κ1) is 20.0. The lowest BCUT2D eigenvalue weighted by atomic mass is 9.82. The third kappa shape index (κ3) is 3.67. The van der Waals surface area contributed by atoms with Crippen LogP contribution in [0.3, 0.4) is 0 Å². The van der Waals surface area contributed by atoms with Crippen LogP contribution in [0.4, 0.5) is 5.00 Å². The van der Waals surface area contributed by atoms with Crippen molar-refractivity contribution in [2.75, 3.05) is 5.32 Å². The Hall–Kier alpha value is -2.93. The molecule has 1 heterocycles. The number of carbonyl (C=O) groups is 3. The number of carboxylic acid groups (broad SMARTS) is 1. The molecule has 31 heavy (non-hydrogen) atoms. The molecule has 0 aliphatic heterocycles. The van der Waals surface area contributed by atoms with Crippen molar-refractivity contribution in [2.45, 2.75) is 32.2 Å². The van der Waals surface area contributed by atoms with Crippen molar-refractivity contribution in [1.29, 1.82) is 0 Å². The van der Waals surface area contributed by atoms with E-state index in [0.29, 0.717) is 17.0 Å². The summed E-state index contributed by atoms with van der Waals surface area (Å²) in [7, 11) is 0. The van der Waals surface area contributed by atoms with Gasteiger partial charge in [0.05, 0.1) is 17.4 Å². The van der Waals surface area contributed by atoms with Gasteiger partial charge < -0.3 is 15.7 Å². The quantitative estimate of drug-likeness (QED) is 0.595. The number of anilines is 1. The smallest absolute Gasteiger partial charge is 0.307 e. The average molecular weight is 437 g/mol. The number of carboxylic acids is 1. The van der Waals surface area contributed by atoms with Gasteiger partial charge in [-0.1, -0.05) is 42.0 Å². The molecule has 3 aliphatic carbocycles. The summed E-state index contributed by atoms with van der Waals surface area (Å²) in [5.74, 6) is -2.93. The molecule has 3 aliphatic rings. The Kier molecular flexibility index (Phi) is 4.93. The molecule has 0 radical (unpaired) electrons. The van der Waals surface area contributed by atoms with Crippen LogP contribution in [0, 0.1) is 30.6 Å². The van der Waals surface area contributed by atoms with Crippen molar-refractivity contribution in [1.82, 2.24) is 5.32 Å². The number of hydrogen-bond donors (Lipinski definition) is 3. The maximum absolute atomic E-state index is 13.2. The number of rotatable bonds is 6. The topological polar surface area (TPSA) is 95.5 Å². The molecule has 5 rings (SSSR count). The van der Waals surface area contributed by atoms with E-state index in [2.05, 4.69) is 10.6 Å². The number of thiophene rings is 1. The molecule has 0 spiro atoms. The van der Waals surface area contributed by atoms with Crippen LogP contribution in [0.25, 0.3) is 11.1 Å². The lowest BCUT2D eigenvalue weighted by Gasteiger charge is -2.23. The number of amides is 2. The first-order chi connectivity index (χ1) is 14.9. The molecule has 2 bridgehead atoms. The van der Waals surface area contributed by atoms with Gasteiger partial charge in [-0.2, -0.15) is 0 Å². The number of hydrogen-bond acceptors (Lipinski definition) is 4. The second kappa shape index (κ2) is 7.64. The van der Waals surface area contributed by atoms with Crippen LogP contribution < -0.4 is 10.6 Å². The highest BCUT2D eigenvalue weighted by atomic mass is 32.1. The molecule has 7 heteroatoms. The Bertz CT molecular complexity index is 1080. The van der Waals surface area contributed by atoms with Gasteiger partial charge in [-0.05, 0) is 43.6 Å². The van der Waals surface area contributed by atoms with Crippen LogP contribution in [0.15, 0.2) is 41.8 Å². The van der Waals surface area contributed by atoms with Gasteiger partial charge in [0.1, 0.15) is 5.00 Å². The normalized spacial score (nSPS) is 26.1. The van der Waals surface area contributed by atoms with E-state index in [1.807, 2.05) is 48.7 Å². The van der Waals surface area contributed by atoms with Crippen molar-refractivity contribution in [3.63, 3.8) is 0 Å². The molecule has 0 unspecified atom stereocenters. The predicted octanol–water partition coefficient (Wildman–Crippen LogP) is 4.08. The Morgan fingerprint density at radius 1 is 1.03 bits per heavy atom. The van der Waals surface area contributed by atoms with Crippen LogP contribution in [-0.4, -0.2) is 28.9 Å². The number of nitrogens with one attached hydrogen (secondary N) is 2. The van der Waals surface area contributed by atoms with Crippen molar-refractivity contribution in [2.24, 2.45) is 23.7 Å². The van der Waals surface area contributed by atoms with Crippen LogP contribution in [0.2, 0.25) is 0 Å². The second-order valence-corrected chi connectivity index (χ2v) is 9.67. The predicted molar refractivity (Wildman–Crippen MR) is 119 cm³/mol. The highest BCUT2D eigenvalue weighted by molar-refractivity contribution is 7.15. The Balaban J connectivity index is 1.46. The molecule has 2 saturated carbocycles. The molecule has 1 aromatic heterocycles. The Morgan fingerprint density at radius 3 is 2.35 bits per heavy atom. The highest BCUT2D eigenvalue weighted by Gasteiger charge is 2.51. The molecule has 2 fully saturated rings. The van der Waals surface area contributed by atoms with Gasteiger partial charge in [-0.25, -0.2) is 0 Å². The number of allylic oxidation sites excluding steroid dienone is 2. The van der Waals surface area contributed by atoms with Crippen LogP contribution in [0.1, 0.15) is 35.2 Å². The second-order valence-electron chi connectivity index (χ2n) is 8.79. The summed E-state index contributed by atoms with van der Waals surface area (Å²) in [4.78, 5) is 38.1. The molecule has 6 nitrogen and oxygen atoms in total. The standard InChI is InChI=1S/C24H24N2O4S/c1-12-2-4-13(5-3-12)17-11-31-23(20(17)22(28)25-16-8-9-16)26-21(27)18-14-6-7-15(10-14)19(18)24(29)30/h2-7,11,14-16,18-19H,8-10H2,1H3,(H,25,28)(H,26,27)(H,29,30)/t14-,15+,18-,19+/m1/s1. The van der Waals surface area contributed by atoms with Gasteiger partial charge >= 0.3 is 5.97 Å². The van der Waals surface area contributed by atoms with E-state index < -0.39 is 17.8 Å². The van der Waals surface area contributed by atoms with Gasteiger partial charge in [0, 0.05) is 17.0 Å². The fourth-order valence-electron chi connectivity index (χ4n) is 4.82. The van der Waals surface area contributed by atoms with Gasteiger partial charge in [0.25, 0.3) is 5.91 Å². The van der Waals surface area contributed by atoms with Crippen LogP contribution in [0.5, 0.6) is 0 Å². The van der Waals surface area contributed by atoms with Gasteiger partial charge in [-0.3, -0.25) is 14.4 Å². The summed E-state index contributed by atoms with van der Waals surface area (Å²) in [6, 6.07) is 8.12. The van der Waals surface area contributed by atoms with E-state index in [1.165, 1.54) is 11.3 Å². The summed E-state index contributed by atoms with van der Waals surface area (Å²) < 4.78 is 0. The van der Waals surface area contributed by atoms with Crippen LogP contribution >= 0.6 is 11.3 Å². The number of fused-ring (bicyclic) bond motifs is 2. The zero-order chi connectivity index (χ0) is 21.7. The molecule has 2 amide bonds. The third-order valence-corrected chi connectivity index (χ3v) is 7.47.